The zero-order valence-corrected chi connectivity index (χ0v) is 31.2. The maximum Gasteiger partial charge on any atom is 0.353 e. The summed E-state index contributed by atoms with van der Waals surface area (Å²) in [6.07, 6.45) is 8.45. The van der Waals surface area contributed by atoms with Gasteiger partial charge in [0.2, 0.25) is 18.0 Å². The summed E-state index contributed by atoms with van der Waals surface area (Å²) in [5.74, 6) is -4.30. The third kappa shape index (κ3) is 23.2. The summed E-state index contributed by atoms with van der Waals surface area (Å²) in [7, 11) is -11.7. The van der Waals surface area contributed by atoms with Crippen LogP contribution < -0.4 is 17.2 Å². The number of carbonyl (C=O) groups is 3. The van der Waals surface area contributed by atoms with Crippen molar-refractivity contribution < 1.29 is 62.4 Å². The molecule has 0 radical (unpaired) electrons. The van der Waals surface area contributed by atoms with Crippen molar-refractivity contribution in [2.45, 2.75) is 5.88 Å². The first-order chi connectivity index (χ1) is 24.1. The van der Waals surface area contributed by atoms with Crippen LogP contribution in [0.3, 0.4) is 0 Å². The minimum absolute atomic E-state index is 0.0208. The molecule has 0 bridgehead atoms. The highest BCUT2D eigenvalue weighted by molar-refractivity contribution is 7.91. The third-order valence-corrected chi connectivity index (χ3v) is 6.98. The fourth-order valence-electron chi connectivity index (χ4n) is 2.43. The first-order valence-electron chi connectivity index (χ1n) is 12.8. The van der Waals surface area contributed by atoms with Gasteiger partial charge in [-0.15, -0.1) is 10.2 Å². The molecule has 0 spiro atoms. The molecular weight excluding hydrogens is 803 g/mol. The average molecular weight is 834 g/mol. The number of ether oxygens (including phenoxy) is 1. The van der Waals surface area contributed by atoms with E-state index in [1.165, 1.54) is 6.33 Å². The topological polar surface area (TPSA) is 438 Å². The Morgan fingerprint density at radius 1 is 0.868 bits per heavy atom. The maximum absolute atomic E-state index is 11.8. The van der Waals surface area contributed by atoms with Gasteiger partial charge in [0.15, 0.2) is 68.1 Å². The number of nitrogens with two attached hydrogens (primary N) is 2. The smallest absolute Gasteiger partial charge is 0.353 e. The van der Waals surface area contributed by atoms with Gasteiger partial charge >= 0.3 is 11.7 Å². The molecule has 6 N–H and O–H groups in total. The number of esters is 1. The van der Waals surface area contributed by atoms with E-state index in [-0.39, 0.29) is 22.9 Å². The SMILES string of the molecule is COC(=O)CS(C)(=O)=O.CS(=O)(=O)CN=C=O.CS(=O)(=O)CN=C=O.CS(=O)(=O)Cn1nnc2c(C(N)=O)ncn2c1=O.N=Nc1nc[nH]c1C(N)=O. The number of aromatic amines is 1. The van der Waals surface area contributed by atoms with E-state index in [1.54, 1.807) is 0 Å². The second-order valence-electron chi connectivity index (χ2n) is 9.41. The Labute approximate surface area is 298 Å². The highest BCUT2D eigenvalue weighted by atomic mass is 32.2. The van der Waals surface area contributed by atoms with Crippen molar-refractivity contribution in [2.75, 3.05) is 49.6 Å². The number of hydrogen-bond donors (Lipinski definition) is 4. The number of isocyanates is 2. The minimum Gasteiger partial charge on any atom is -0.468 e. The quantitative estimate of drug-likeness (QED) is 0.0611. The Morgan fingerprint density at radius 3 is 1.68 bits per heavy atom. The van der Waals surface area contributed by atoms with Crippen LogP contribution in [0.15, 0.2) is 32.5 Å². The standard InChI is InChI=1S/C7H8N6O4S.C4H5N5O.C4H8O4S.2C3H5NO3S/c1-18(16,17)3-13-7(15)12-2-9-4(5(8)14)6(12)10-11-13;5-3(10)2-4(9-6)8-1-7-2;1-8-4(5)3-9(2,6)7;2*1-8(6,7)3-4-2-5/h2H,3H2,1H3,(H2,8,14);1,6H,(H2,5,10)(H,7,8);3H2,1-2H3;2*3H2,1H3. The molecule has 0 saturated carbocycles. The van der Waals surface area contributed by atoms with Crippen molar-refractivity contribution in [3.63, 3.8) is 0 Å². The lowest BCUT2D eigenvalue weighted by Gasteiger charge is -2.01. The number of amides is 2. The number of H-pyrrole nitrogens is 1. The van der Waals surface area contributed by atoms with Gasteiger partial charge in [0.25, 0.3) is 11.8 Å². The molecule has 32 heteroatoms. The maximum atomic E-state index is 11.8. The number of carbonyl (C=O) groups excluding carboxylic acids is 5. The van der Waals surface area contributed by atoms with Gasteiger partial charge in [0, 0.05) is 25.0 Å². The second-order valence-corrected chi connectivity index (χ2v) is 17.9. The van der Waals surface area contributed by atoms with E-state index in [4.69, 9.17) is 17.0 Å². The van der Waals surface area contributed by atoms with Crippen molar-refractivity contribution in [1.29, 1.82) is 5.53 Å². The zero-order valence-electron chi connectivity index (χ0n) is 27.9. The van der Waals surface area contributed by atoms with Crippen LogP contribution in [0.2, 0.25) is 0 Å². The van der Waals surface area contributed by atoms with Crippen molar-refractivity contribution in [3.05, 3.63) is 34.5 Å². The number of imidazole rings is 2. The number of methoxy groups -OCH3 is 1. The molecule has 2 amide bonds. The summed E-state index contributed by atoms with van der Waals surface area (Å²) in [5.41, 5.74) is 15.4. The first kappa shape index (κ1) is 49.2. The largest absolute Gasteiger partial charge is 0.468 e. The summed E-state index contributed by atoms with van der Waals surface area (Å²) in [6.45, 7) is 0. The van der Waals surface area contributed by atoms with Crippen LogP contribution in [0.25, 0.3) is 5.65 Å². The van der Waals surface area contributed by atoms with Crippen molar-refractivity contribution in [2.24, 2.45) is 26.6 Å². The van der Waals surface area contributed by atoms with Gasteiger partial charge < -0.3 is 21.2 Å². The van der Waals surface area contributed by atoms with Crippen LogP contribution in [-0.4, -0.2) is 148 Å². The lowest BCUT2D eigenvalue weighted by atomic mass is 10.4. The second kappa shape index (κ2) is 22.1. The number of fused-ring (bicyclic) bond motifs is 1. The summed E-state index contributed by atoms with van der Waals surface area (Å²) in [5, 5.41) is 9.93. The van der Waals surface area contributed by atoms with Gasteiger partial charge in [-0.1, -0.05) is 5.21 Å². The lowest BCUT2D eigenvalue weighted by Crippen LogP contribution is -2.32. The van der Waals surface area contributed by atoms with Gasteiger partial charge in [-0.3, -0.25) is 14.4 Å². The average Bonchev–Trinajstić information content (AvgIpc) is 3.68. The number of nitrogens with zero attached hydrogens (tertiary/aromatic N) is 9. The Morgan fingerprint density at radius 2 is 1.38 bits per heavy atom. The minimum atomic E-state index is -3.44. The molecule has 28 nitrogen and oxygen atoms in total. The van der Waals surface area contributed by atoms with Gasteiger partial charge in [0.1, 0.15) is 18.0 Å². The summed E-state index contributed by atoms with van der Waals surface area (Å²) < 4.78 is 88.9. The molecule has 0 atom stereocenters. The monoisotopic (exact) mass is 833 g/mol. The third-order valence-electron chi connectivity index (χ3n) is 4.31. The molecule has 0 fully saturated rings. The Balaban J connectivity index is 0. The number of primary amides is 2. The number of aromatic nitrogens is 7. The molecule has 3 rings (SSSR count). The van der Waals surface area contributed by atoms with Gasteiger partial charge in [0.05, 0.1) is 13.4 Å². The van der Waals surface area contributed by atoms with E-state index in [0.29, 0.717) is 4.68 Å². The van der Waals surface area contributed by atoms with Crippen molar-refractivity contribution in [1.82, 2.24) is 34.3 Å². The first-order valence-corrected chi connectivity index (χ1v) is 21.0. The molecule has 0 aliphatic carbocycles. The Kier molecular flexibility index (Phi) is 20.5. The van der Waals surface area contributed by atoms with Crippen LogP contribution in [-0.2, 0) is 64.3 Å². The fourth-order valence-corrected chi connectivity index (χ4v) is 4.15. The summed E-state index contributed by atoms with van der Waals surface area (Å²) in [6, 6.07) is 0. The molecule has 0 aliphatic heterocycles. The Hall–Kier alpha value is -5.94. The molecule has 3 aromatic rings. The molecule has 294 valence electrons. The lowest BCUT2D eigenvalue weighted by molar-refractivity contribution is -0.137. The van der Waals surface area contributed by atoms with Crippen LogP contribution in [0.4, 0.5) is 5.82 Å². The van der Waals surface area contributed by atoms with Crippen LogP contribution in [0, 0.1) is 5.53 Å². The molecule has 0 saturated heterocycles. The Bertz CT molecular complexity index is 2320. The van der Waals surface area contributed by atoms with E-state index in [0.717, 1.165) is 55.0 Å². The molecule has 3 heterocycles. The molecule has 3 aromatic heterocycles. The van der Waals surface area contributed by atoms with Crippen LogP contribution in [0.5, 0.6) is 0 Å². The normalized spacial score (nSPS) is 10.7. The van der Waals surface area contributed by atoms with E-state index in [2.05, 4.69) is 45.1 Å². The number of aliphatic imine (C=N–C) groups is 2. The molecule has 0 aliphatic rings. The van der Waals surface area contributed by atoms with Gasteiger partial charge in [-0.25, -0.2) is 68.0 Å². The molecule has 0 unspecified atom stereocenters. The number of nitrogens with one attached hydrogen (secondary N) is 2. The fraction of sp³-hybridized carbons (Fsp3) is 0.429. The number of hydrogen-bond acceptors (Lipinski definition) is 23. The predicted molar refractivity (Wildman–Crippen MR) is 178 cm³/mol. The van der Waals surface area contributed by atoms with Crippen molar-refractivity contribution in [3.8, 4) is 0 Å². The summed E-state index contributed by atoms with van der Waals surface area (Å²) in [4.78, 5) is 77.4. The summed E-state index contributed by atoms with van der Waals surface area (Å²) >= 11 is 0. The highest BCUT2D eigenvalue weighted by Crippen LogP contribution is 2.10. The number of rotatable bonds is 11. The van der Waals surface area contributed by atoms with Gasteiger partial charge in [-0.05, 0) is 0 Å². The van der Waals surface area contributed by atoms with Crippen molar-refractivity contribution >= 4 is 80.8 Å². The van der Waals surface area contributed by atoms with E-state index in [1.807, 2.05) is 0 Å². The zero-order chi connectivity index (χ0) is 41.8. The molecular formula is C21H31N13O15S4. The van der Waals surface area contributed by atoms with Crippen LogP contribution >= 0.6 is 0 Å². The number of sulfone groups is 4. The van der Waals surface area contributed by atoms with E-state index in [9.17, 15) is 62.4 Å². The van der Waals surface area contributed by atoms with E-state index < -0.39 is 86.2 Å². The van der Waals surface area contributed by atoms with E-state index >= 15 is 0 Å². The predicted octanol–water partition coefficient (Wildman–Crippen LogP) is -4.59. The highest BCUT2D eigenvalue weighted by Gasteiger charge is 2.16. The van der Waals surface area contributed by atoms with Crippen LogP contribution in [0.1, 0.15) is 21.0 Å². The van der Waals surface area contributed by atoms with Gasteiger partial charge in [-0.2, -0.15) is 14.7 Å². The molecule has 53 heavy (non-hydrogen) atoms. The molecule has 0 aromatic carbocycles.